The fourth-order valence-corrected chi connectivity index (χ4v) is 1.45. The minimum atomic E-state index is 0.916. The van der Waals surface area contributed by atoms with Crippen molar-refractivity contribution in [1.82, 2.24) is 8.75 Å². The van der Waals surface area contributed by atoms with Gasteiger partial charge in [0.05, 0.1) is 17.4 Å². The van der Waals surface area contributed by atoms with Gasteiger partial charge in [-0.2, -0.15) is 8.75 Å². The summed E-state index contributed by atoms with van der Waals surface area (Å²) in [5.41, 5.74) is 2.12. The number of hydrogen-bond acceptors (Lipinski definition) is 3. The molecule has 0 unspecified atom stereocenters. The van der Waals surface area contributed by atoms with Gasteiger partial charge >= 0.3 is 0 Å². The maximum atomic E-state index is 4.14. The molecule has 0 N–H and O–H groups in total. The van der Waals surface area contributed by atoms with Crippen molar-refractivity contribution in [3.8, 4) is 0 Å². The minimum Gasteiger partial charge on any atom is -0.177 e. The second kappa shape index (κ2) is 2.34. The summed E-state index contributed by atoms with van der Waals surface area (Å²) in [7, 11) is 0. The molecule has 10 heavy (non-hydrogen) atoms. The standard InChI is InChI=1S/C7H6N2S/c1-2-4-6-7(5-3-1)9-10-8-6/h1-4H,5H2. The Kier molecular flexibility index (Phi) is 1.36. The lowest BCUT2D eigenvalue weighted by Crippen LogP contribution is -1.82. The first-order valence-electron chi connectivity index (χ1n) is 3.11. The molecule has 1 heterocycles. The minimum absolute atomic E-state index is 0.916. The van der Waals surface area contributed by atoms with E-state index in [0.29, 0.717) is 0 Å². The normalized spacial score (nSPS) is 14.8. The lowest BCUT2D eigenvalue weighted by molar-refractivity contribution is 1.17. The SMILES string of the molecule is C1=CCc2nsnc2C=C1. The van der Waals surface area contributed by atoms with Gasteiger partial charge in [0.1, 0.15) is 5.69 Å². The Morgan fingerprint density at radius 1 is 1.30 bits per heavy atom. The highest BCUT2D eigenvalue weighted by atomic mass is 32.1. The largest absolute Gasteiger partial charge is 0.177 e. The van der Waals surface area contributed by atoms with Crippen LogP contribution in [0.4, 0.5) is 0 Å². The molecule has 0 spiro atoms. The monoisotopic (exact) mass is 150 g/mol. The molecule has 50 valence electrons. The Balaban J connectivity index is 2.50. The molecule has 0 radical (unpaired) electrons. The van der Waals surface area contributed by atoms with Gasteiger partial charge in [0.15, 0.2) is 0 Å². The van der Waals surface area contributed by atoms with Crippen molar-refractivity contribution in [1.29, 1.82) is 0 Å². The van der Waals surface area contributed by atoms with E-state index in [0.717, 1.165) is 17.8 Å². The van der Waals surface area contributed by atoms with Gasteiger partial charge in [-0.1, -0.05) is 18.2 Å². The van der Waals surface area contributed by atoms with Gasteiger partial charge < -0.3 is 0 Å². The van der Waals surface area contributed by atoms with E-state index in [4.69, 9.17) is 0 Å². The Labute approximate surface area is 63.2 Å². The molecule has 2 nitrogen and oxygen atoms in total. The van der Waals surface area contributed by atoms with Crippen LogP contribution in [0.2, 0.25) is 0 Å². The van der Waals surface area contributed by atoms with Crippen LogP contribution in [0, 0.1) is 0 Å². The average Bonchev–Trinajstić information content (AvgIpc) is 2.28. The molecule has 0 aromatic carbocycles. The van der Waals surface area contributed by atoms with Crippen LogP contribution < -0.4 is 0 Å². The lowest BCUT2D eigenvalue weighted by Gasteiger charge is -1.84. The molecule has 0 fully saturated rings. The third-order valence-corrected chi connectivity index (χ3v) is 1.98. The second-order valence-electron chi connectivity index (χ2n) is 2.09. The first kappa shape index (κ1) is 5.80. The van der Waals surface area contributed by atoms with Gasteiger partial charge in [0, 0.05) is 6.42 Å². The van der Waals surface area contributed by atoms with Crippen LogP contribution in [0.15, 0.2) is 18.2 Å². The van der Waals surface area contributed by atoms with Crippen molar-refractivity contribution < 1.29 is 0 Å². The quantitative estimate of drug-likeness (QED) is 0.562. The van der Waals surface area contributed by atoms with E-state index < -0.39 is 0 Å². The van der Waals surface area contributed by atoms with E-state index in [1.165, 1.54) is 11.7 Å². The van der Waals surface area contributed by atoms with Crippen LogP contribution in [0.25, 0.3) is 6.08 Å². The molecule has 0 amide bonds. The molecular weight excluding hydrogens is 144 g/mol. The van der Waals surface area contributed by atoms with Gasteiger partial charge in [0.2, 0.25) is 0 Å². The van der Waals surface area contributed by atoms with Crippen LogP contribution in [0.5, 0.6) is 0 Å². The number of hydrogen-bond donors (Lipinski definition) is 0. The third kappa shape index (κ3) is 0.885. The summed E-state index contributed by atoms with van der Waals surface area (Å²) >= 11 is 1.28. The van der Waals surface area contributed by atoms with Gasteiger partial charge in [-0.15, -0.1) is 0 Å². The molecule has 0 atom stereocenters. The summed E-state index contributed by atoms with van der Waals surface area (Å²) in [6.45, 7) is 0. The smallest absolute Gasteiger partial charge is 0.100 e. The molecule has 0 saturated heterocycles. The van der Waals surface area contributed by atoms with E-state index >= 15 is 0 Å². The van der Waals surface area contributed by atoms with Crippen molar-refractivity contribution in [3.05, 3.63) is 29.6 Å². The van der Waals surface area contributed by atoms with Crippen molar-refractivity contribution in [2.75, 3.05) is 0 Å². The predicted octanol–water partition coefficient (Wildman–Crippen LogP) is 1.66. The van der Waals surface area contributed by atoms with E-state index in [1.807, 2.05) is 18.2 Å². The van der Waals surface area contributed by atoms with Crippen LogP contribution >= 0.6 is 11.7 Å². The number of aromatic nitrogens is 2. The zero-order valence-electron chi connectivity index (χ0n) is 5.32. The fourth-order valence-electron chi connectivity index (χ4n) is 0.887. The summed E-state index contributed by atoms with van der Waals surface area (Å²) in [5.74, 6) is 0. The topological polar surface area (TPSA) is 25.8 Å². The molecule has 3 heteroatoms. The van der Waals surface area contributed by atoms with Crippen molar-refractivity contribution >= 4 is 17.8 Å². The van der Waals surface area contributed by atoms with Crippen LogP contribution in [-0.4, -0.2) is 8.75 Å². The maximum Gasteiger partial charge on any atom is 0.100 e. The summed E-state index contributed by atoms with van der Waals surface area (Å²) < 4.78 is 8.27. The van der Waals surface area contributed by atoms with Crippen LogP contribution in [0.3, 0.4) is 0 Å². The molecular formula is C7H6N2S. The lowest BCUT2D eigenvalue weighted by atomic mass is 10.2. The fraction of sp³-hybridized carbons (Fsp3) is 0.143. The first-order valence-corrected chi connectivity index (χ1v) is 3.84. The van der Waals surface area contributed by atoms with Gasteiger partial charge in [0.25, 0.3) is 0 Å². The highest BCUT2D eigenvalue weighted by Gasteiger charge is 2.03. The highest BCUT2D eigenvalue weighted by molar-refractivity contribution is 6.99. The average molecular weight is 150 g/mol. The molecule has 0 bridgehead atoms. The zero-order chi connectivity index (χ0) is 6.81. The van der Waals surface area contributed by atoms with Gasteiger partial charge in [-0.25, -0.2) is 0 Å². The molecule has 0 aliphatic heterocycles. The van der Waals surface area contributed by atoms with Crippen LogP contribution in [0.1, 0.15) is 11.4 Å². The second-order valence-corrected chi connectivity index (χ2v) is 2.62. The van der Waals surface area contributed by atoms with E-state index in [9.17, 15) is 0 Å². The van der Waals surface area contributed by atoms with Gasteiger partial charge in [-0.05, 0) is 6.08 Å². The summed E-state index contributed by atoms with van der Waals surface area (Å²) in [6.07, 6.45) is 9.01. The van der Waals surface area contributed by atoms with Crippen molar-refractivity contribution in [2.45, 2.75) is 6.42 Å². The van der Waals surface area contributed by atoms with Crippen molar-refractivity contribution in [3.63, 3.8) is 0 Å². The maximum absolute atomic E-state index is 4.14. The number of nitrogens with zero attached hydrogens (tertiary/aromatic N) is 2. The third-order valence-electron chi connectivity index (χ3n) is 1.40. The molecule has 1 aliphatic carbocycles. The zero-order valence-corrected chi connectivity index (χ0v) is 6.14. The molecule has 1 aromatic heterocycles. The van der Waals surface area contributed by atoms with Gasteiger partial charge in [-0.3, -0.25) is 0 Å². The molecule has 1 aliphatic rings. The first-order chi connectivity index (χ1) is 4.97. The summed E-state index contributed by atoms with van der Waals surface area (Å²) in [4.78, 5) is 0. The summed E-state index contributed by atoms with van der Waals surface area (Å²) in [6, 6.07) is 0. The highest BCUT2D eigenvalue weighted by Crippen LogP contribution is 2.11. The number of allylic oxidation sites excluding steroid dienone is 3. The van der Waals surface area contributed by atoms with E-state index in [1.54, 1.807) is 0 Å². The molecule has 2 rings (SSSR count). The number of fused-ring (bicyclic) bond motifs is 1. The van der Waals surface area contributed by atoms with Crippen LogP contribution in [-0.2, 0) is 6.42 Å². The Morgan fingerprint density at radius 3 is 3.30 bits per heavy atom. The van der Waals surface area contributed by atoms with E-state index in [2.05, 4.69) is 14.8 Å². The van der Waals surface area contributed by atoms with Crippen molar-refractivity contribution in [2.24, 2.45) is 0 Å². The van der Waals surface area contributed by atoms with E-state index in [-0.39, 0.29) is 0 Å². The predicted molar refractivity (Wildman–Crippen MR) is 41.8 cm³/mol. The summed E-state index contributed by atoms with van der Waals surface area (Å²) in [5, 5.41) is 0. The Morgan fingerprint density at radius 2 is 2.30 bits per heavy atom. The Bertz CT molecular complexity index is 286. The molecule has 0 saturated carbocycles. The molecule has 1 aromatic rings. The number of rotatable bonds is 0. The Hall–Kier alpha value is -0.960.